The molecule has 1 heterocycles. The van der Waals surface area contributed by atoms with Crippen LogP contribution in [0.1, 0.15) is 12.8 Å². The first-order chi connectivity index (χ1) is 8.22. The number of alkyl halides is 1. The van der Waals surface area contributed by atoms with Crippen molar-refractivity contribution in [2.24, 2.45) is 5.92 Å². The molecule has 1 atom stereocenters. The first-order valence-electron chi connectivity index (χ1n) is 5.75. The first kappa shape index (κ1) is 10.8. The maximum Gasteiger partial charge on any atom is 0.201 e. The SMILES string of the molecule is Fc1ccc2nc(NCC(Cl)C3CC3)[nH]c2c1. The van der Waals surface area contributed by atoms with Crippen molar-refractivity contribution >= 4 is 28.6 Å². The van der Waals surface area contributed by atoms with Gasteiger partial charge in [-0.25, -0.2) is 9.37 Å². The van der Waals surface area contributed by atoms with E-state index in [0.717, 1.165) is 5.52 Å². The molecule has 1 saturated carbocycles. The number of nitrogens with zero attached hydrogens (tertiary/aromatic N) is 1. The Bertz CT molecular complexity index is 536. The predicted molar refractivity (Wildman–Crippen MR) is 66.9 cm³/mol. The molecule has 3 rings (SSSR count). The van der Waals surface area contributed by atoms with Crippen molar-refractivity contribution in [2.45, 2.75) is 18.2 Å². The molecule has 1 fully saturated rings. The lowest BCUT2D eigenvalue weighted by Gasteiger charge is -2.07. The van der Waals surface area contributed by atoms with Gasteiger partial charge >= 0.3 is 0 Å². The predicted octanol–water partition coefficient (Wildman–Crippen LogP) is 3.13. The highest BCUT2D eigenvalue weighted by Crippen LogP contribution is 2.35. The number of benzene rings is 1. The van der Waals surface area contributed by atoms with E-state index in [1.807, 2.05) is 0 Å². The summed E-state index contributed by atoms with van der Waals surface area (Å²) in [5.74, 6) is 1.03. The lowest BCUT2D eigenvalue weighted by molar-refractivity contribution is 0.629. The third kappa shape index (κ3) is 2.36. The topological polar surface area (TPSA) is 40.7 Å². The van der Waals surface area contributed by atoms with Crippen LogP contribution in [0, 0.1) is 11.7 Å². The third-order valence-corrected chi connectivity index (χ3v) is 3.55. The van der Waals surface area contributed by atoms with Gasteiger partial charge in [0.05, 0.1) is 16.4 Å². The number of hydrogen-bond donors (Lipinski definition) is 2. The quantitative estimate of drug-likeness (QED) is 0.822. The summed E-state index contributed by atoms with van der Waals surface area (Å²) in [6.07, 6.45) is 2.45. The molecule has 0 spiro atoms. The van der Waals surface area contributed by atoms with Crippen LogP contribution in [0.3, 0.4) is 0 Å². The van der Waals surface area contributed by atoms with Crippen LogP contribution in [0.5, 0.6) is 0 Å². The van der Waals surface area contributed by atoms with Crippen molar-refractivity contribution in [3.63, 3.8) is 0 Å². The molecule has 1 aliphatic carbocycles. The molecule has 0 radical (unpaired) electrons. The van der Waals surface area contributed by atoms with E-state index in [-0.39, 0.29) is 11.2 Å². The molecule has 0 amide bonds. The summed E-state index contributed by atoms with van der Waals surface area (Å²) < 4.78 is 13.0. The molecular weight excluding hydrogens is 241 g/mol. The van der Waals surface area contributed by atoms with Gasteiger partial charge in [0, 0.05) is 6.54 Å². The molecule has 0 aliphatic heterocycles. The largest absolute Gasteiger partial charge is 0.354 e. The Morgan fingerprint density at radius 1 is 1.53 bits per heavy atom. The molecule has 3 nitrogen and oxygen atoms in total. The number of halogens is 2. The van der Waals surface area contributed by atoms with Gasteiger partial charge in [-0.15, -0.1) is 11.6 Å². The zero-order chi connectivity index (χ0) is 11.8. The van der Waals surface area contributed by atoms with Crippen molar-refractivity contribution < 1.29 is 4.39 Å². The van der Waals surface area contributed by atoms with Gasteiger partial charge in [0.15, 0.2) is 0 Å². The summed E-state index contributed by atoms with van der Waals surface area (Å²) in [5, 5.41) is 3.31. The maximum atomic E-state index is 13.0. The summed E-state index contributed by atoms with van der Waals surface area (Å²) >= 11 is 6.19. The lowest BCUT2D eigenvalue weighted by atomic mass is 10.3. The van der Waals surface area contributed by atoms with E-state index in [4.69, 9.17) is 11.6 Å². The van der Waals surface area contributed by atoms with Gasteiger partial charge < -0.3 is 10.3 Å². The van der Waals surface area contributed by atoms with E-state index in [0.29, 0.717) is 23.9 Å². The Kier molecular flexibility index (Phi) is 2.67. The van der Waals surface area contributed by atoms with Gasteiger partial charge in [0.1, 0.15) is 5.82 Å². The van der Waals surface area contributed by atoms with Crippen molar-refractivity contribution in [2.75, 3.05) is 11.9 Å². The van der Waals surface area contributed by atoms with E-state index < -0.39 is 0 Å². The summed E-state index contributed by atoms with van der Waals surface area (Å²) in [4.78, 5) is 7.34. The first-order valence-corrected chi connectivity index (χ1v) is 6.19. The molecule has 0 bridgehead atoms. The number of aromatic nitrogens is 2. The van der Waals surface area contributed by atoms with Crippen LogP contribution in [-0.2, 0) is 0 Å². The standard InChI is InChI=1S/C12H13ClFN3/c13-9(7-1-2-7)6-15-12-16-10-4-3-8(14)5-11(10)17-12/h3-5,7,9H,1-2,6H2,(H2,15,16,17). The van der Waals surface area contributed by atoms with Crippen molar-refractivity contribution in [1.82, 2.24) is 9.97 Å². The Morgan fingerprint density at radius 3 is 3.12 bits per heavy atom. The average molecular weight is 254 g/mol. The summed E-state index contributed by atoms with van der Waals surface area (Å²) in [7, 11) is 0. The second kappa shape index (κ2) is 4.18. The maximum absolute atomic E-state index is 13.0. The normalized spacial score (nSPS) is 17.3. The van der Waals surface area contributed by atoms with Crippen LogP contribution in [0.4, 0.5) is 10.3 Å². The second-order valence-corrected chi connectivity index (χ2v) is 5.04. The number of fused-ring (bicyclic) bond motifs is 1. The molecule has 1 aromatic heterocycles. The van der Waals surface area contributed by atoms with Crippen LogP contribution in [-0.4, -0.2) is 21.9 Å². The van der Waals surface area contributed by atoms with Crippen molar-refractivity contribution in [3.8, 4) is 0 Å². The van der Waals surface area contributed by atoms with E-state index in [1.54, 1.807) is 6.07 Å². The van der Waals surface area contributed by atoms with Crippen LogP contribution in [0.2, 0.25) is 0 Å². The average Bonchev–Trinajstić information content (AvgIpc) is 3.07. The summed E-state index contributed by atoms with van der Waals surface area (Å²) in [6.45, 7) is 0.689. The smallest absolute Gasteiger partial charge is 0.201 e. The van der Waals surface area contributed by atoms with Gasteiger partial charge in [-0.05, 0) is 37.0 Å². The Labute approximate surface area is 103 Å². The fraction of sp³-hybridized carbons (Fsp3) is 0.417. The molecule has 90 valence electrons. The summed E-state index contributed by atoms with van der Waals surface area (Å²) in [6, 6.07) is 4.50. The number of anilines is 1. The number of rotatable bonds is 4. The summed E-state index contributed by atoms with van der Waals surface area (Å²) in [5.41, 5.74) is 1.46. The number of aromatic amines is 1. The highest BCUT2D eigenvalue weighted by atomic mass is 35.5. The third-order valence-electron chi connectivity index (χ3n) is 3.04. The molecule has 17 heavy (non-hydrogen) atoms. The van der Waals surface area contributed by atoms with Crippen LogP contribution in [0.25, 0.3) is 11.0 Å². The highest BCUT2D eigenvalue weighted by Gasteiger charge is 2.29. The Morgan fingerprint density at radius 2 is 2.35 bits per heavy atom. The van der Waals surface area contributed by atoms with Gasteiger partial charge in [-0.2, -0.15) is 0 Å². The minimum atomic E-state index is -0.263. The fourth-order valence-corrected chi connectivity index (χ4v) is 2.21. The van der Waals surface area contributed by atoms with E-state index in [1.165, 1.54) is 25.0 Å². The molecule has 5 heteroatoms. The van der Waals surface area contributed by atoms with Crippen molar-refractivity contribution in [1.29, 1.82) is 0 Å². The minimum Gasteiger partial charge on any atom is -0.354 e. The molecular formula is C12H13ClFN3. The van der Waals surface area contributed by atoms with E-state index in [2.05, 4.69) is 15.3 Å². The van der Waals surface area contributed by atoms with Gasteiger partial charge in [0.2, 0.25) is 5.95 Å². The molecule has 0 saturated heterocycles. The molecule has 2 N–H and O–H groups in total. The fourth-order valence-electron chi connectivity index (χ4n) is 1.88. The zero-order valence-electron chi connectivity index (χ0n) is 9.21. The number of hydrogen-bond acceptors (Lipinski definition) is 2. The van der Waals surface area contributed by atoms with Crippen LogP contribution in [0.15, 0.2) is 18.2 Å². The molecule has 1 unspecified atom stereocenters. The van der Waals surface area contributed by atoms with Crippen molar-refractivity contribution in [3.05, 3.63) is 24.0 Å². The number of nitrogens with one attached hydrogen (secondary N) is 2. The zero-order valence-corrected chi connectivity index (χ0v) is 9.97. The number of H-pyrrole nitrogens is 1. The lowest BCUT2D eigenvalue weighted by Crippen LogP contribution is -2.16. The van der Waals surface area contributed by atoms with E-state index in [9.17, 15) is 4.39 Å². The Balaban J connectivity index is 1.72. The number of imidazole rings is 1. The molecule has 2 aromatic rings. The monoisotopic (exact) mass is 253 g/mol. The molecule has 1 aromatic carbocycles. The minimum absolute atomic E-state index is 0.153. The van der Waals surface area contributed by atoms with Crippen LogP contribution >= 0.6 is 11.6 Å². The highest BCUT2D eigenvalue weighted by molar-refractivity contribution is 6.21. The van der Waals surface area contributed by atoms with Gasteiger partial charge in [0.25, 0.3) is 0 Å². The second-order valence-electron chi connectivity index (χ2n) is 4.48. The van der Waals surface area contributed by atoms with Gasteiger partial charge in [-0.1, -0.05) is 0 Å². The van der Waals surface area contributed by atoms with E-state index >= 15 is 0 Å². The molecule has 1 aliphatic rings. The van der Waals surface area contributed by atoms with Crippen LogP contribution < -0.4 is 5.32 Å². The van der Waals surface area contributed by atoms with Gasteiger partial charge in [-0.3, -0.25) is 0 Å². The Hall–Kier alpha value is -1.29.